The summed E-state index contributed by atoms with van der Waals surface area (Å²) in [4.78, 5) is 32.4. The maximum atomic E-state index is 11.0. The Bertz CT molecular complexity index is 368. The summed E-state index contributed by atoms with van der Waals surface area (Å²) in [5.74, 6) is -0.340. The molecule has 23 heavy (non-hydrogen) atoms. The van der Waals surface area contributed by atoms with Crippen LogP contribution in [0.25, 0.3) is 0 Å². The van der Waals surface area contributed by atoms with Crippen LogP contribution in [0.15, 0.2) is 0 Å². The van der Waals surface area contributed by atoms with Crippen molar-refractivity contribution in [2.24, 2.45) is 5.73 Å². The van der Waals surface area contributed by atoms with Crippen LogP contribution in [0.3, 0.4) is 0 Å². The zero-order valence-electron chi connectivity index (χ0n) is 15.2. The first-order chi connectivity index (χ1) is 10.2. The fourth-order valence-corrected chi connectivity index (χ4v) is 0.928. The Morgan fingerprint density at radius 2 is 1.26 bits per heavy atom. The van der Waals surface area contributed by atoms with E-state index in [9.17, 15) is 14.4 Å². The van der Waals surface area contributed by atoms with Gasteiger partial charge < -0.3 is 24.7 Å². The molecule has 0 amide bonds. The number of hydrogen-bond acceptors (Lipinski definition) is 8. The summed E-state index contributed by atoms with van der Waals surface area (Å²) in [6.07, 6.45) is -1.49. The van der Waals surface area contributed by atoms with Crippen LogP contribution in [0, 0.1) is 0 Å². The van der Waals surface area contributed by atoms with Crippen molar-refractivity contribution in [3.63, 3.8) is 0 Å². The van der Waals surface area contributed by atoms with Crippen LogP contribution in [0.4, 0.5) is 9.59 Å². The molecule has 0 bridgehead atoms. The van der Waals surface area contributed by atoms with Gasteiger partial charge in [0.25, 0.3) is 0 Å². The molecule has 0 saturated carbocycles. The number of hydrogen-bond donors (Lipinski definition) is 1. The molecule has 0 aromatic carbocycles. The Balaban J connectivity index is 0. The lowest BCUT2D eigenvalue weighted by molar-refractivity contribution is -0.142. The van der Waals surface area contributed by atoms with Gasteiger partial charge in [-0.05, 0) is 48.0 Å². The first kappa shape index (κ1) is 23.4. The summed E-state index contributed by atoms with van der Waals surface area (Å²) >= 11 is 0. The van der Waals surface area contributed by atoms with Crippen molar-refractivity contribution in [1.82, 2.24) is 0 Å². The minimum atomic E-state index is -1.06. The average Bonchev–Trinajstić information content (AvgIpc) is 2.32. The van der Waals surface area contributed by atoms with Crippen LogP contribution in [0.5, 0.6) is 0 Å². The van der Waals surface area contributed by atoms with Gasteiger partial charge in [0.15, 0.2) is 0 Å². The largest absolute Gasteiger partial charge is 0.519 e. The number of methoxy groups -OCH3 is 1. The number of ether oxygens (including phenoxy) is 4. The Morgan fingerprint density at radius 1 is 0.913 bits per heavy atom. The van der Waals surface area contributed by atoms with E-state index in [1.807, 2.05) is 6.92 Å². The summed E-state index contributed by atoms with van der Waals surface area (Å²) < 4.78 is 18.1. The van der Waals surface area contributed by atoms with Gasteiger partial charge in [0.1, 0.15) is 17.2 Å². The summed E-state index contributed by atoms with van der Waals surface area (Å²) in [5, 5.41) is 0. The second-order valence-electron chi connectivity index (χ2n) is 6.57. The molecule has 8 heteroatoms. The van der Waals surface area contributed by atoms with Crippen molar-refractivity contribution in [1.29, 1.82) is 0 Å². The first-order valence-electron chi connectivity index (χ1n) is 7.19. The molecule has 1 atom stereocenters. The van der Waals surface area contributed by atoms with Crippen molar-refractivity contribution in [2.45, 2.75) is 72.1 Å². The average molecular weight is 335 g/mol. The normalized spacial score (nSPS) is 12.2. The van der Waals surface area contributed by atoms with Gasteiger partial charge in [-0.25, -0.2) is 9.59 Å². The van der Waals surface area contributed by atoms with Gasteiger partial charge in [0, 0.05) is 0 Å². The van der Waals surface area contributed by atoms with E-state index in [4.69, 9.17) is 15.2 Å². The zero-order chi connectivity index (χ0) is 18.8. The minimum absolute atomic E-state index is 0.340. The van der Waals surface area contributed by atoms with Crippen LogP contribution in [-0.4, -0.2) is 42.6 Å². The number of esters is 1. The molecule has 0 aromatic rings. The first-order valence-corrected chi connectivity index (χ1v) is 7.19. The van der Waals surface area contributed by atoms with E-state index in [1.165, 1.54) is 7.11 Å². The van der Waals surface area contributed by atoms with Crippen molar-refractivity contribution < 1.29 is 33.3 Å². The quantitative estimate of drug-likeness (QED) is 0.465. The third-order valence-corrected chi connectivity index (χ3v) is 1.89. The molecule has 0 aromatic heterocycles. The lowest BCUT2D eigenvalue weighted by Gasteiger charge is -2.20. The highest BCUT2D eigenvalue weighted by atomic mass is 16.8. The molecule has 0 aliphatic carbocycles. The number of carbonyl (C=O) groups is 3. The molecule has 0 aliphatic heterocycles. The summed E-state index contributed by atoms with van der Waals surface area (Å²) in [5.41, 5.74) is 3.86. The minimum Gasteiger partial charge on any atom is -0.468 e. The molecule has 136 valence electrons. The molecule has 0 radical (unpaired) electrons. The van der Waals surface area contributed by atoms with Crippen LogP contribution in [0.1, 0.15) is 54.9 Å². The maximum absolute atomic E-state index is 11.0. The van der Waals surface area contributed by atoms with E-state index in [-0.39, 0.29) is 5.97 Å². The molecule has 0 fully saturated rings. The van der Waals surface area contributed by atoms with E-state index < -0.39 is 29.6 Å². The molecule has 0 unspecified atom stereocenters. The van der Waals surface area contributed by atoms with Gasteiger partial charge in [0.05, 0.1) is 7.11 Å². The predicted molar refractivity (Wildman–Crippen MR) is 83.8 cm³/mol. The predicted octanol–water partition coefficient (Wildman–Crippen LogP) is 2.77. The highest BCUT2D eigenvalue weighted by molar-refractivity contribution is 5.77. The van der Waals surface area contributed by atoms with Gasteiger partial charge in [-0.1, -0.05) is 6.92 Å². The van der Waals surface area contributed by atoms with Crippen molar-refractivity contribution in [2.75, 3.05) is 7.11 Å². The molecular formula is C15H29NO7. The fraction of sp³-hybridized carbons (Fsp3) is 0.800. The smallest absolute Gasteiger partial charge is 0.468 e. The van der Waals surface area contributed by atoms with Gasteiger partial charge in [-0.2, -0.15) is 0 Å². The standard InChI is InChI=1S/C10H18O5.C5H11NO2/c1-9(2,3)14-7(11)13-8(12)15-10(4,5)6;1-3-4(6)5(7)8-2/h1-6H3;4H,3,6H2,1-2H3/t;4-/m.0/s1. The van der Waals surface area contributed by atoms with Crippen molar-refractivity contribution in [3.05, 3.63) is 0 Å². The third kappa shape index (κ3) is 16.4. The summed E-state index contributed by atoms with van der Waals surface area (Å²) in [6, 6.07) is -0.444. The lowest BCUT2D eigenvalue weighted by atomic mass is 10.2. The van der Waals surface area contributed by atoms with E-state index in [0.29, 0.717) is 6.42 Å². The lowest BCUT2D eigenvalue weighted by Crippen LogP contribution is -2.30. The SMILES string of the molecule is CC(C)(C)OC(=O)OC(=O)OC(C)(C)C.CC[C@H](N)C(=O)OC. The molecular weight excluding hydrogens is 306 g/mol. The van der Waals surface area contributed by atoms with Crippen LogP contribution >= 0.6 is 0 Å². The van der Waals surface area contributed by atoms with Crippen molar-refractivity contribution in [3.8, 4) is 0 Å². The zero-order valence-corrected chi connectivity index (χ0v) is 15.2. The molecule has 8 nitrogen and oxygen atoms in total. The van der Waals surface area contributed by atoms with Gasteiger partial charge >= 0.3 is 18.3 Å². The van der Waals surface area contributed by atoms with Crippen LogP contribution in [0.2, 0.25) is 0 Å². The Hall–Kier alpha value is -1.83. The monoisotopic (exact) mass is 335 g/mol. The number of nitrogens with two attached hydrogens (primary N) is 1. The van der Waals surface area contributed by atoms with Crippen molar-refractivity contribution >= 4 is 18.3 Å². The van der Waals surface area contributed by atoms with Gasteiger partial charge in [0.2, 0.25) is 0 Å². The summed E-state index contributed by atoms with van der Waals surface area (Å²) in [7, 11) is 1.33. The third-order valence-electron chi connectivity index (χ3n) is 1.89. The maximum Gasteiger partial charge on any atom is 0.519 e. The summed E-state index contributed by atoms with van der Waals surface area (Å²) in [6.45, 7) is 11.9. The van der Waals surface area contributed by atoms with Crippen LogP contribution < -0.4 is 5.73 Å². The second kappa shape index (κ2) is 10.0. The number of rotatable bonds is 2. The van der Waals surface area contributed by atoms with E-state index in [1.54, 1.807) is 41.5 Å². The van der Waals surface area contributed by atoms with E-state index >= 15 is 0 Å². The van der Waals surface area contributed by atoms with Gasteiger partial charge in [-0.15, -0.1) is 0 Å². The Labute approximate surface area is 137 Å². The molecule has 0 saturated heterocycles. The molecule has 0 rings (SSSR count). The van der Waals surface area contributed by atoms with E-state index in [2.05, 4.69) is 9.47 Å². The fourth-order valence-electron chi connectivity index (χ4n) is 0.928. The molecule has 0 heterocycles. The number of carbonyl (C=O) groups excluding carboxylic acids is 3. The molecule has 0 spiro atoms. The Morgan fingerprint density at radius 3 is 1.43 bits per heavy atom. The highest BCUT2D eigenvalue weighted by Crippen LogP contribution is 2.11. The molecule has 0 aliphatic rings. The second-order valence-corrected chi connectivity index (χ2v) is 6.57. The Kier molecular flexibility index (Phi) is 10.2. The van der Waals surface area contributed by atoms with Crippen LogP contribution in [-0.2, 0) is 23.7 Å². The molecule has 2 N–H and O–H groups in total. The van der Waals surface area contributed by atoms with E-state index in [0.717, 1.165) is 0 Å². The van der Waals surface area contributed by atoms with Gasteiger partial charge in [-0.3, -0.25) is 4.79 Å². The topological polar surface area (TPSA) is 114 Å². The highest BCUT2D eigenvalue weighted by Gasteiger charge is 2.24.